The van der Waals surface area contributed by atoms with E-state index in [1.807, 2.05) is 0 Å². The van der Waals surface area contributed by atoms with Crippen molar-refractivity contribution in [3.05, 3.63) is 35.4 Å². The third kappa shape index (κ3) is 2.40. The molecule has 1 aromatic rings. The van der Waals surface area contributed by atoms with Crippen LogP contribution in [0.3, 0.4) is 0 Å². The van der Waals surface area contributed by atoms with Gasteiger partial charge in [-0.25, -0.2) is 0 Å². The zero-order chi connectivity index (χ0) is 10.8. The molecule has 82 valence electrons. The van der Waals surface area contributed by atoms with Gasteiger partial charge in [-0.2, -0.15) is 0 Å². The van der Waals surface area contributed by atoms with E-state index in [0.717, 1.165) is 5.92 Å². The quantitative estimate of drug-likeness (QED) is 0.802. The fourth-order valence-corrected chi connectivity index (χ4v) is 2.19. The highest BCUT2D eigenvalue weighted by molar-refractivity contribution is 5.25. The topological polar surface area (TPSA) is 26.0 Å². The Morgan fingerprint density at radius 1 is 1.20 bits per heavy atom. The van der Waals surface area contributed by atoms with Gasteiger partial charge in [-0.3, -0.25) is 0 Å². The Hall–Kier alpha value is -0.820. The molecule has 1 heteroatoms. The molecule has 0 amide bonds. The van der Waals surface area contributed by atoms with Gasteiger partial charge in [0.1, 0.15) is 0 Å². The molecule has 0 radical (unpaired) electrons. The molecule has 2 N–H and O–H groups in total. The summed E-state index contributed by atoms with van der Waals surface area (Å²) >= 11 is 0. The van der Waals surface area contributed by atoms with Gasteiger partial charge in [-0.05, 0) is 42.2 Å². The summed E-state index contributed by atoms with van der Waals surface area (Å²) in [7, 11) is 0. The van der Waals surface area contributed by atoms with Crippen LogP contribution >= 0.6 is 0 Å². The largest absolute Gasteiger partial charge is 0.327 e. The third-order valence-electron chi connectivity index (χ3n) is 3.62. The van der Waals surface area contributed by atoms with Crippen LogP contribution in [0.2, 0.25) is 0 Å². The second kappa shape index (κ2) is 4.36. The summed E-state index contributed by atoms with van der Waals surface area (Å²) in [6.45, 7) is 4.47. The molecule has 0 saturated heterocycles. The van der Waals surface area contributed by atoms with Crippen LogP contribution < -0.4 is 5.73 Å². The lowest BCUT2D eigenvalue weighted by molar-refractivity contribution is 0.256. The second-order valence-electron chi connectivity index (χ2n) is 5.10. The number of rotatable bonds is 3. The lowest BCUT2D eigenvalue weighted by Gasteiger charge is -2.33. The molecule has 1 fully saturated rings. The van der Waals surface area contributed by atoms with Crippen LogP contribution in [0.5, 0.6) is 0 Å². The smallest absolute Gasteiger partial charge is 0.00704 e. The van der Waals surface area contributed by atoms with E-state index in [9.17, 15) is 0 Å². The van der Waals surface area contributed by atoms with Crippen molar-refractivity contribution in [1.82, 2.24) is 0 Å². The molecule has 2 rings (SSSR count). The van der Waals surface area contributed by atoms with Gasteiger partial charge in [0.2, 0.25) is 0 Å². The Morgan fingerprint density at radius 3 is 2.27 bits per heavy atom. The van der Waals surface area contributed by atoms with E-state index in [2.05, 4.69) is 38.1 Å². The van der Waals surface area contributed by atoms with Crippen molar-refractivity contribution in [3.8, 4) is 0 Å². The number of benzene rings is 1. The van der Waals surface area contributed by atoms with E-state index in [1.165, 1.54) is 30.4 Å². The summed E-state index contributed by atoms with van der Waals surface area (Å²) in [6.07, 6.45) is 3.70. The predicted molar refractivity (Wildman–Crippen MR) is 64.9 cm³/mol. The van der Waals surface area contributed by atoms with Gasteiger partial charge >= 0.3 is 0 Å². The van der Waals surface area contributed by atoms with E-state index in [4.69, 9.17) is 5.73 Å². The predicted octanol–water partition coefficient (Wildman–Crippen LogP) is 3.09. The molecule has 0 bridgehead atoms. The minimum absolute atomic E-state index is 0.453. The molecular weight excluding hydrogens is 182 g/mol. The first kappa shape index (κ1) is 10.7. The van der Waals surface area contributed by atoms with Crippen molar-refractivity contribution >= 4 is 0 Å². The fraction of sp³-hybridized carbons (Fsp3) is 0.571. The average Bonchev–Trinajstić information content (AvgIpc) is 2.24. The molecule has 1 aromatic carbocycles. The average molecular weight is 203 g/mol. The first-order chi connectivity index (χ1) is 7.16. The van der Waals surface area contributed by atoms with Gasteiger partial charge in [0.15, 0.2) is 0 Å². The van der Waals surface area contributed by atoms with E-state index in [1.54, 1.807) is 0 Å². The molecule has 15 heavy (non-hydrogen) atoms. The summed E-state index contributed by atoms with van der Waals surface area (Å²) in [5.74, 6) is 1.36. The third-order valence-corrected chi connectivity index (χ3v) is 3.62. The maximum atomic E-state index is 5.95. The van der Waals surface area contributed by atoms with E-state index >= 15 is 0 Å². The SMILES string of the molecule is CC(C)c1ccc(CC2CCC2N)cc1. The number of nitrogens with two attached hydrogens (primary N) is 1. The van der Waals surface area contributed by atoms with Crippen molar-refractivity contribution in [2.75, 3.05) is 0 Å². The Balaban J connectivity index is 1.98. The van der Waals surface area contributed by atoms with Gasteiger partial charge in [-0.1, -0.05) is 38.1 Å². The van der Waals surface area contributed by atoms with Crippen LogP contribution in [-0.4, -0.2) is 6.04 Å². The standard InChI is InChI=1S/C14H21N/c1-10(2)12-5-3-11(4-6-12)9-13-7-8-14(13)15/h3-6,10,13-14H,7-9,15H2,1-2H3. The van der Waals surface area contributed by atoms with Gasteiger partial charge in [0, 0.05) is 6.04 Å². The van der Waals surface area contributed by atoms with Crippen LogP contribution in [0, 0.1) is 5.92 Å². The number of hydrogen-bond donors (Lipinski definition) is 1. The van der Waals surface area contributed by atoms with E-state index in [-0.39, 0.29) is 0 Å². The highest BCUT2D eigenvalue weighted by Gasteiger charge is 2.26. The lowest BCUT2D eigenvalue weighted by Crippen LogP contribution is -2.40. The molecule has 1 aliphatic carbocycles. The number of hydrogen-bond acceptors (Lipinski definition) is 1. The van der Waals surface area contributed by atoms with Gasteiger partial charge in [0.05, 0.1) is 0 Å². The van der Waals surface area contributed by atoms with Crippen LogP contribution in [0.25, 0.3) is 0 Å². The van der Waals surface area contributed by atoms with Crippen LogP contribution in [-0.2, 0) is 6.42 Å². The molecule has 0 aliphatic heterocycles. The van der Waals surface area contributed by atoms with E-state index < -0.39 is 0 Å². The van der Waals surface area contributed by atoms with Crippen LogP contribution in [0.4, 0.5) is 0 Å². The maximum absolute atomic E-state index is 5.95. The fourth-order valence-electron chi connectivity index (χ4n) is 2.19. The van der Waals surface area contributed by atoms with Crippen LogP contribution in [0.1, 0.15) is 43.7 Å². The molecule has 1 saturated carbocycles. The molecule has 1 nitrogen and oxygen atoms in total. The molecule has 0 heterocycles. The summed E-state index contributed by atoms with van der Waals surface area (Å²) in [6, 6.07) is 9.49. The summed E-state index contributed by atoms with van der Waals surface area (Å²) in [5.41, 5.74) is 8.82. The van der Waals surface area contributed by atoms with Gasteiger partial charge in [-0.15, -0.1) is 0 Å². The lowest BCUT2D eigenvalue weighted by atomic mass is 9.76. The first-order valence-electron chi connectivity index (χ1n) is 6.01. The highest BCUT2D eigenvalue weighted by Crippen LogP contribution is 2.29. The van der Waals surface area contributed by atoms with Crippen LogP contribution in [0.15, 0.2) is 24.3 Å². The van der Waals surface area contributed by atoms with Crippen molar-refractivity contribution in [2.24, 2.45) is 11.7 Å². The normalized spacial score (nSPS) is 25.3. The molecule has 1 aliphatic rings. The summed E-state index contributed by atoms with van der Waals surface area (Å²) in [5, 5.41) is 0. The minimum Gasteiger partial charge on any atom is -0.327 e. The molecule has 2 atom stereocenters. The summed E-state index contributed by atoms with van der Waals surface area (Å²) < 4.78 is 0. The molecule has 0 spiro atoms. The monoisotopic (exact) mass is 203 g/mol. The van der Waals surface area contributed by atoms with Crippen molar-refractivity contribution in [2.45, 2.75) is 45.1 Å². The van der Waals surface area contributed by atoms with Gasteiger partial charge < -0.3 is 5.73 Å². The highest BCUT2D eigenvalue weighted by atomic mass is 14.7. The molecule has 2 unspecified atom stereocenters. The summed E-state index contributed by atoms with van der Waals surface area (Å²) in [4.78, 5) is 0. The molecule has 0 aromatic heterocycles. The minimum atomic E-state index is 0.453. The zero-order valence-electron chi connectivity index (χ0n) is 9.74. The Labute approximate surface area is 92.7 Å². The van der Waals surface area contributed by atoms with Crippen molar-refractivity contribution < 1.29 is 0 Å². The van der Waals surface area contributed by atoms with Crippen molar-refractivity contribution in [3.63, 3.8) is 0 Å². The molecular formula is C14H21N. The van der Waals surface area contributed by atoms with Crippen molar-refractivity contribution in [1.29, 1.82) is 0 Å². The Morgan fingerprint density at radius 2 is 1.87 bits per heavy atom. The first-order valence-corrected chi connectivity index (χ1v) is 6.01. The van der Waals surface area contributed by atoms with Gasteiger partial charge in [0.25, 0.3) is 0 Å². The Kier molecular flexibility index (Phi) is 3.11. The maximum Gasteiger partial charge on any atom is 0.00704 e. The van der Waals surface area contributed by atoms with E-state index in [0.29, 0.717) is 12.0 Å². The second-order valence-corrected chi connectivity index (χ2v) is 5.10. The Bertz CT molecular complexity index is 313. The zero-order valence-corrected chi connectivity index (χ0v) is 9.74.